The maximum Gasteiger partial charge on any atom is 0.312 e. The Labute approximate surface area is 123 Å². The molecule has 2 heterocycles. The predicted octanol–water partition coefficient (Wildman–Crippen LogP) is 1.79. The van der Waals surface area contributed by atoms with Gasteiger partial charge in [0.25, 0.3) is 0 Å². The second-order valence-corrected chi connectivity index (χ2v) is 6.95. The molecule has 110 valence electrons. The van der Waals surface area contributed by atoms with E-state index >= 15 is 0 Å². The van der Waals surface area contributed by atoms with Crippen molar-refractivity contribution in [1.82, 2.24) is 9.88 Å². The van der Waals surface area contributed by atoms with Crippen LogP contribution in [0, 0.1) is 0 Å². The molecule has 0 spiro atoms. The standard InChI is InChI=1S/C14H21N3O2S/c1-9-8-16(2)6-7-17(9)14-15-12-10(13(18)19)4-3-5-11(12)20-14/h9-10H,3-8H2,1-2H3,(H,18,19). The van der Waals surface area contributed by atoms with Crippen molar-refractivity contribution in [2.24, 2.45) is 0 Å². The minimum atomic E-state index is -0.728. The Bertz CT molecular complexity index is 517. The van der Waals surface area contributed by atoms with Gasteiger partial charge >= 0.3 is 5.97 Å². The van der Waals surface area contributed by atoms with Gasteiger partial charge in [-0.05, 0) is 33.2 Å². The molecule has 2 unspecified atom stereocenters. The number of rotatable bonds is 2. The maximum absolute atomic E-state index is 11.4. The van der Waals surface area contributed by atoms with E-state index in [0.717, 1.165) is 49.7 Å². The number of hydrogen-bond donors (Lipinski definition) is 1. The predicted molar refractivity (Wildman–Crippen MR) is 79.7 cm³/mol. The second-order valence-electron chi connectivity index (χ2n) is 5.89. The number of aromatic nitrogens is 1. The van der Waals surface area contributed by atoms with Crippen LogP contribution in [-0.2, 0) is 11.2 Å². The number of thiazole rings is 1. The van der Waals surface area contributed by atoms with E-state index in [0.29, 0.717) is 6.04 Å². The third kappa shape index (κ3) is 2.42. The Hall–Kier alpha value is -1.14. The zero-order valence-electron chi connectivity index (χ0n) is 12.0. The van der Waals surface area contributed by atoms with Gasteiger partial charge in [0.15, 0.2) is 5.13 Å². The monoisotopic (exact) mass is 295 g/mol. The van der Waals surface area contributed by atoms with Gasteiger partial charge in [0.05, 0.1) is 5.69 Å². The summed E-state index contributed by atoms with van der Waals surface area (Å²) in [4.78, 5) is 21.9. The number of aryl methyl sites for hydroxylation is 1. The number of aliphatic carboxylic acids is 1. The van der Waals surface area contributed by atoms with Crippen molar-refractivity contribution < 1.29 is 9.90 Å². The summed E-state index contributed by atoms with van der Waals surface area (Å²) in [5, 5.41) is 10.4. The minimum Gasteiger partial charge on any atom is -0.481 e. The van der Waals surface area contributed by atoms with Crippen molar-refractivity contribution in [2.75, 3.05) is 31.6 Å². The number of likely N-dealkylation sites (N-methyl/N-ethyl adjacent to an activating group) is 1. The molecule has 2 aliphatic rings. The van der Waals surface area contributed by atoms with Gasteiger partial charge in [-0.15, -0.1) is 11.3 Å². The first-order valence-electron chi connectivity index (χ1n) is 7.24. The molecule has 3 rings (SSSR count). The van der Waals surface area contributed by atoms with E-state index in [2.05, 4.69) is 23.8 Å². The van der Waals surface area contributed by atoms with Crippen LogP contribution < -0.4 is 4.90 Å². The SMILES string of the molecule is CC1CN(C)CCN1c1nc2c(s1)CCCC2C(=O)O. The van der Waals surface area contributed by atoms with E-state index in [1.807, 2.05) is 0 Å². The van der Waals surface area contributed by atoms with Crippen LogP contribution in [0.5, 0.6) is 0 Å². The number of carboxylic acid groups (broad SMARTS) is 1. The van der Waals surface area contributed by atoms with Crippen molar-refractivity contribution >= 4 is 22.4 Å². The molecule has 20 heavy (non-hydrogen) atoms. The molecule has 0 radical (unpaired) electrons. The van der Waals surface area contributed by atoms with Crippen LogP contribution in [0.1, 0.15) is 36.3 Å². The Morgan fingerprint density at radius 1 is 1.45 bits per heavy atom. The Kier molecular flexibility index (Phi) is 3.69. The van der Waals surface area contributed by atoms with Crippen LogP contribution in [0.25, 0.3) is 0 Å². The highest BCUT2D eigenvalue weighted by Gasteiger charge is 2.32. The Morgan fingerprint density at radius 3 is 2.95 bits per heavy atom. The minimum absolute atomic E-state index is 0.397. The van der Waals surface area contributed by atoms with Crippen LogP contribution in [0.2, 0.25) is 0 Å². The Morgan fingerprint density at radius 2 is 2.25 bits per heavy atom. The number of anilines is 1. The lowest BCUT2D eigenvalue weighted by Gasteiger charge is -2.38. The summed E-state index contributed by atoms with van der Waals surface area (Å²) in [5.41, 5.74) is 0.829. The maximum atomic E-state index is 11.4. The second kappa shape index (κ2) is 5.33. The lowest BCUT2D eigenvalue weighted by Crippen LogP contribution is -2.50. The average Bonchev–Trinajstić information content (AvgIpc) is 2.81. The molecule has 0 saturated carbocycles. The van der Waals surface area contributed by atoms with Crippen molar-refractivity contribution in [3.05, 3.63) is 10.6 Å². The third-order valence-electron chi connectivity index (χ3n) is 4.32. The average molecular weight is 295 g/mol. The molecular formula is C14H21N3O2S. The van der Waals surface area contributed by atoms with Crippen LogP contribution in [0.4, 0.5) is 5.13 Å². The molecule has 2 atom stereocenters. The number of fused-ring (bicyclic) bond motifs is 1. The van der Waals surface area contributed by atoms with Gasteiger partial charge in [0.2, 0.25) is 0 Å². The topological polar surface area (TPSA) is 56.7 Å². The Balaban J connectivity index is 1.87. The molecule has 1 fully saturated rings. The van der Waals surface area contributed by atoms with E-state index in [9.17, 15) is 9.90 Å². The zero-order valence-corrected chi connectivity index (χ0v) is 12.8. The van der Waals surface area contributed by atoms with Gasteiger partial charge in [-0.2, -0.15) is 0 Å². The molecule has 1 N–H and O–H groups in total. The highest BCUT2D eigenvalue weighted by Crippen LogP contribution is 2.38. The lowest BCUT2D eigenvalue weighted by molar-refractivity contribution is -0.139. The summed E-state index contributed by atoms with van der Waals surface area (Å²) in [6.07, 6.45) is 2.67. The molecule has 5 nitrogen and oxygen atoms in total. The number of hydrogen-bond acceptors (Lipinski definition) is 5. The van der Waals surface area contributed by atoms with Crippen molar-refractivity contribution in [3.8, 4) is 0 Å². The first-order valence-corrected chi connectivity index (χ1v) is 8.05. The fourth-order valence-corrected chi connectivity index (χ4v) is 4.48. The third-order valence-corrected chi connectivity index (χ3v) is 5.49. The summed E-state index contributed by atoms with van der Waals surface area (Å²) in [5.74, 6) is -1.12. The van der Waals surface area contributed by atoms with Gasteiger partial charge in [0, 0.05) is 30.6 Å². The molecule has 0 amide bonds. The van der Waals surface area contributed by atoms with Crippen LogP contribution in [-0.4, -0.2) is 53.7 Å². The zero-order chi connectivity index (χ0) is 14.3. The molecule has 1 aromatic rings. The van der Waals surface area contributed by atoms with Gasteiger partial charge in [-0.1, -0.05) is 0 Å². The van der Waals surface area contributed by atoms with Gasteiger partial charge in [0.1, 0.15) is 5.92 Å². The molecule has 1 aromatic heterocycles. The van der Waals surface area contributed by atoms with Gasteiger partial charge in [-0.3, -0.25) is 4.79 Å². The molecular weight excluding hydrogens is 274 g/mol. The normalized spacial score (nSPS) is 27.4. The molecule has 1 saturated heterocycles. The summed E-state index contributed by atoms with van der Waals surface area (Å²) in [6, 6.07) is 0.435. The summed E-state index contributed by atoms with van der Waals surface area (Å²) in [7, 11) is 2.14. The molecule has 0 aromatic carbocycles. The summed E-state index contributed by atoms with van der Waals surface area (Å²) in [6.45, 7) is 5.26. The largest absolute Gasteiger partial charge is 0.481 e. The van der Waals surface area contributed by atoms with E-state index in [1.165, 1.54) is 4.88 Å². The van der Waals surface area contributed by atoms with Gasteiger partial charge in [-0.25, -0.2) is 4.98 Å². The first kappa shape index (κ1) is 13.8. The van der Waals surface area contributed by atoms with Crippen LogP contribution in [0.3, 0.4) is 0 Å². The highest BCUT2D eigenvalue weighted by atomic mass is 32.1. The summed E-state index contributed by atoms with van der Waals surface area (Å²) < 4.78 is 0. The first-order chi connectivity index (χ1) is 9.56. The van der Waals surface area contributed by atoms with Gasteiger partial charge < -0.3 is 14.9 Å². The number of carbonyl (C=O) groups is 1. The molecule has 1 aliphatic carbocycles. The van der Waals surface area contributed by atoms with E-state index in [1.54, 1.807) is 11.3 Å². The molecule has 6 heteroatoms. The van der Waals surface area contributed by atoms with E-state index in [-0.39, 0.29) is 0 Å². The fraction of sp³-hybridized carbons (Fsp3) is 0.714. The summed E-state index contributed by atoms with van der Waals surface area (Å²) >= 11 is 1.70. The lowest BCUT2D eigenvalue weighted by atomic mass is 9.91. The quantitative estimate of drug-likeness (QED) is 0.901. The van der Waals surface area contributed by atoms with Crippen molar-refractivity contribution in [3.63, 3.8) is 0 Å². The van der Waals surface area contributed by atoms with E-state index < -0.39 is 11.9 Å². The van der Waals surface area contributed by atoms with E-state index in [4.69, 9.17) is 4.98 Å². The number of piperazine rings is 1. The highest BCUT2D eigenvalue weighted by molar-refractivity contribution is 7.15. The number of nitrogens with zero attached hydrogens (tertiary/aromatic N) is 3. The van der Waals surface area contributed by atoms with Crippen LogP contribution >= 0.6 is 11.3 Å². The molecule has 1 aliphatic heterocycles. The van der Waals surface area contributed by atoms with Crippen molar-refractivity contribution in [2.45, 2.75) is 38.1 Å². The van der Waals surface area contributed by atoms with Crippen LogP contribution in [0.15, 0.2) is 0 Å². The van der Waals surface area contributed by atoms with Crippen molar-refractivity contribution in [1.29, 1.82) is 0 Å². The molecule has 0 bridgehead atoms. The smallest absolute Gasteiger partial charge is 0.312 e. The number of carboxylic acids is 1. The fourth-order valence-electron chi connectivity index (χ4n) is 3.19.